The SMILES string of the molecule is COc1c(Cc2cc(C)c(CO)c(Cc3ccc(CO)cc3)c2C)cc(C)cc1Cc1cc(C)c(OC)c(Cc2ccc(C)cc2)c1C. The summed E-state index contributed by atoms with van der Waals surface area (Å²) in [6.07, 6.45) is 3.02. The van der Waals surface area contributed by atoms with E-state index in [1.807, 2.05) is 12.1 Å². The van der Waals surface area contributed by atoms with Crippen molar-refractivity contribution in [2.75, 3.05) is 14.2 Å². The lowest BCUT2D eigenvalue weighted by atomic mass is 9.85. The summed E-state index contributed by atoms with van der Waals surface area (Å²) in [5.41, 5.74) is 18.7. The molecule has 0 unspecified atom stereocenters. The molecule has 5 aromatic carbocycles. The van der Waals surface area contributed by atoms with Crippen LogP contribution in [0.5, 0.6) is 11.5 Å². The molecule has 0 heterocycles. The molecule has 48 heavy (non-hydrogen) atoms. The van der Waals surface area contributed by atoms with E-state index in [2.05, 4.69) is 102 Å². The van der Waals surface area contributed by atoms with E-state index in [1.165, 1.54) is 55.6 Å². The Morgan fingerprint density at radius 1 is 0.438 bits per heavy atom. The molecule has 0 fully saturated rings. The van der Waals surface area contributed by atoms with Crippen molar-refractivity contribution >= 4 is 0 Å². The van der Waals surface area contributed by atoms with Crippen molar-refractivity contribution in [3.05, 3.63) is 162 Å². The number of hydrogen-bond donors (Lipinski definition) is 2. The Bertz CT molecular complexity index is 1900. The van der Waals surface area contributed by atoms with E-state index < -0.39 is 0 Å². The van der Waals surface area contributed by atoms with Crippen LogP contribution in [0.15, 0.2) is 72.8 Å². The summed E-state index contributed by atoms with van der Waals surface area (Å²) in [7, 11) is 3.55. The molecule has 4 nitrogen and oxygen atoms in total. The standard InChI is InChI=1S/C44H50O4/c1-27-9-11-33(12-10-27)22-41-32(6)37(20-30(4)43(41)47-7)24-39-18-28(2)17-38(44(39)48-8)23-36-19-29(3)42(26-46)40(31(36)5)21-34-13-15-35(25-45)16-14-34/h9-20,45-46H,21-26H2,1-8H3. The van der Waals surface area contributed by atoms with Crippen LogP contribution in [-0.4, -0.2) is 24.4 Å². The summed E-state index contributed by atoms with van der Waals surface area (Å²) in [6, 6.07) is 25.9. The molecule has 0 spiro atoms. The van der Waals surface area contributed by atoms with Crippen molar-refractivity contribution in [3.8, 4) is 11.5 Å². The molecule has 0 amide bonds. The molecule has 0 aliphatic carbocycles. The fourth-order valence-electron chi connectivity index (χ4n) is 7.22. The number of ether oxygens (including phenoxy) is 2. The molecule has 0 saturated carbocycles. The van der Waals surface area contributed by atoms with E-state index in [4.69, 9.17) is 9.47 Å². The smallest absolute Gasteiger partial charge is 0.125 e. The van der Waals surface area contributed by atoms with Crippen molar-refractivity contribution in [1.29, 1.82) is 0 Å². The summed E-state index contributed by atoms with van der Waals surface area (Å²) in [5.74, 6) is 1.89. The van der Waals surface area contributed by atoms with Gasteiger partial charge in [-0.2, -0.15) is 0 Å². The van der Waals surface area contributed by atoms with E-state index in [0.29, 0.717) is 0 Å². The molecule has 0 aliphatic heterocycles. The average Bonchev–Trinajstić information content (AvgIpc) is 3.07. The molecule has 2 N–H and O–H groups in total. The number of benzene rings is 5. The zero-order valence-electron chi connectivity index (χ0n) is 29.9. The van der Waals surface area contributed by atoms with Gasteiger partial charge in [0.15, 0.2) is 0 Å². The van der Waals surface area contributed by atoms with Gasteiger partial charge >= 0.3 is 0 Å². The Kier molecular flexibility index (Phi) is 11.1. The van der Waals surface area contributed by atoms with Gasteiger partial charge in [0, 0.05) is 24.8 Å². The van der Waals surface area contributed by atoms with Crippen LogP contribution in [0.25, 0.3) is 0 Å². The fourth-order valence-corrected chi connectivity index (χ4v) is 7.22. The molecule has 250 valence electrons. The third-order valence-corrected chi connectivity index (χ3v) is 9.93. The minimum Gasteiger partial charge on any atom is -0.496 e. The molecular weight excluding hydrogens is 592 g/mol. The van der Waals surface area contributed by atoms with Crippen molar-refractivity contribution < 1.29 is 19.7 Å². The molecule has 5 rings (SSSR count). The summed E-state index contributed by atoms with van der Waals surface area (Å²) in [6.45, 7) is 12.9. The topological polar surface area (TPSA) is 58.9 Å². The van der Waals surface area contributed by atoms with E-state index in [9.17, 15) is 10.2 Å². The van der Waals surface area contributed by atoms with Crippen molar-refractivity contribution in [1.82, 2.24) is 0 Å². The van der Waals surface area contributed by atoms with Crippen molar-refractivity contribution in [2.24, 2.45) is 0 Å². The number of hydrogen-bond acceptors (Lipinski definition) is 4. The Balaban J connectivity index is 1.52. The van der Waals surface area contributed by atoms with Crippen LogP contribution in [-0.2, 0) is 38.9 Å². The average molecular weight is 643 g/mol. The van der Waals surface area contributed by atoms with Gasteiger partial charge in [-0.15, -0.1) is 0 Å². The third kappa shape index (κ3) is 7.51. The zero-order valence-corrected chi connectivity index (χ0v) is 29.9. The van der Waals surface area contributed by atoms with E-state index in [-0.39, 0.29) is 13.2 Å². The molecular formula is C44H50O4. The highest BCUT2D eigenvalue weighted by Crippen LogP contribution is 2.37. The molecule has 0 radical (unpaired) electrons. The molecule has 0 saturated heterocycles. The van der Waals surface area contributed by atoms with Gasteiger partial charge in [0.25, 0.3) is 0 Å². The lowest BCUT2D eigenvalue weighted by Crippen LogP contribution is -2.08. The second-order valence-corrected chi connectivity index (χ2v) is 13.4. The number of rotatable bonds is 12. The maximum absolute atomic E-state index is 10.4. The molecule has 0 bridgehead atoms. The Hall–Kier alpha value is -4.38. The molecule has 0 aromatic heterocycles. The predicted octanol–water partition coefficient (Wildman–Crippen LogP) is 8.90. The zero-order chi connectivity index (χ0) is 34.5. The normalized spacial score (nSPS) is 11.2. The second kappa shape index (κ2) is 15.2. The summed E-state index contributed by atoms with van der Waals surface area (Å²) in [5, 5.41) is 19.9. The quantitative estimate of drug-likeness (QED) is 0.143. The van der Waals surface area contributed by atoms with Gasteiger partial charge in [-0.25, -0.2) is 0 Å². The number of methoxy groups -OCH3 is 2. The minimum atomic E-state index is 0.00144. The van der Waals surface area contributed by atoms with Crippen LogP contribution in [0.2, 0.25) is 0 Å². The minimum absolute atomic E-state index is 0.00144. The van der Waals surface area contributed by atoms with Gasteiger partial charge in [0.05, 0.1) is 27.4 Å². The van der Waals surface area contributed by atoms with Crippen LogP contribution in [0.3, 0.4) is 0 Å². The maximum atomic E-state index is 10.4. The van der Waals surface area contributed by atoms with Crippen molar-refractivity contribution in [2.45, 2.75) is 80.4 Å². The van der Waals surface area contributed by atoms with Gasteiger partial charge < -0.3 is 19.7 Å². The molecule has 4 heteroatoms. The van der Waals surface area contributed by atoms with E-state index >= 15 is 0 Å². The van der Waals surface area contributed by atoms with Crippen LogP contribution >= 0.6 is 0 Å². The Morgan fingerprint density at radius 2 is 0.917 bits per heavy atom. The highest BCUT2D eigenvalue weighted by molar-refractivity contribution is 5.56. The largest absolute Gasteiger partial charge is 0.496 e. The summed E-state index contributed by atoms with van der Waals surface area (Å²) >= 11 is 0. The summed E-state index contributed by atoms with van der Waals surface area (Å²) in [4.78, 5) is 0. The number of aryl methyl sites for hydroxylation is 4. The first kappa shape index (κ1) is 34.9. The van der Waals surface area contributed by atoms with Gasteiger partial charge in [0.1, 0.15) is 11.5 Å². The van der Waals surface area contributed by atoms with E-state index in [0.717, 1.165) is 70.6 Å². The first-order chi connectivity index (χ1) is 23.1. The highest BCUT2D eigenvalue weighted by Gasteiger charge is 2.20. The van der Waals surface area contributed by atoms with Crippen LogP contribution in [0.4, 0.5) is 0 Å². The van der Waals surface area contributed by atoms with Crippen LogP contribution in [0.1, 0.15) is 89.0 Å². The van der Waals surface area contributed by atoms with Crippen LogP contribution < -0.4 is 9.47 Å². The lowest BCUT2D eigenvalue weighted by Gasteiger charge is -2.22. The first-order valence-electron chi connectivity index (χ1n) is 16.8. The molecule has 0 atom stereocenters. The number of aliphatic hydroxyl groups is 2. The Labute approximate surface area is 287 Å². The third-order valence-electron chi connectivity index (χ3n) is 9.93. The molecule has 0 aliphatic rings. The van der Waals surface area contributed by atoms with Crippen molar-refractivity contribution in [3.63, 3.8) is 0 Å². The predicted molar refractivity (Wildman–Crippen MR) is 197 cm³/mol. The fraction of sp³-hybridized carbons (Fsp3) is 0.318. The van der Waals surface area contributed by atoms with E-state index in [1.54, 1.807) is 14.2 Å². The van der Waals surface area contributed by atoms with Crippen LogP contribution in [0, 0.1) is 41.5 Å². The highest BCUT2D eigenvalue weighted by atomic mass is 16.5. The lowest BCUT2D eigenvalue weighted by molar-refractivity contribution is 0.280. The monoisotopic (exact) mass is 642 g/mol. The van der Waals surface area contributed by atoms with Gasteiger partial charge in [-0.3, -0.25) is 0 Å². The first-order valence-corrected chi connectivity index (χ1v) is 16.8. The Morgan fingerprint density at radius 3 is 1.44 bits per heavy atom. The molecule has 5 aromatic rings. The van der Waals surface area contributed by atoms with Gasteiger partial charge in [-0.1, -0.05) is 83.9 Å². The summed E-state index contributed by atoms with van der Waals surface area (Å²) < 4.78 is 12.2. The second-order valence-electron chi connectivity index (χ2n) is 13.4. The van der Waals surface area contributed by atoms with Gasteiger partial charge in [0.2, 0.25) is 0 Å². The number of aliphatic hydroxyl groups excluding tert-OH is 2. The van der Waals surface area contributed by atoms with Gasteiger partial charge in [-0.05, 0) is 120 Å². The maximum Gasteiger partial charge on any atom is 0.125 e.